The molecule has 0 spiro atoms. The summed E-state index contributed by atoms with van der Waals surface area (Å²) in [6.07, 6.45) is 0. The summed E-state index contributed by atoms with van der Waals surface area (Å²) in [6.45, 7) is 5.33. The molecule has 1 saturated heterocycles. The number of aliphatic hydroxyl groups is 1. The quantitative estimate of drug-likeness (QED) is 0.435. The van der Waals surface area contributed by atoms with Crippen LogP contribution in [0.1, 0.15) is 31.0 Å². The van der Waals surface area contributed by atoms with E-state index in [1.165, 1.54) is 23.1 Å². The van der Waals surface area contributed by atoms with Crippen molar-refractivity contribution < 1.29 is 19.1 Å². The van der Waals surface area contributed by atoms with Crippen molar-refractivity contribution in [2.24, 2.45) is 0 Å². The number of halogens is 2. The fourth-order valence-electron chi connectivity index (χ4n) is 3.45. The minimum Gasteiger partial charge on any atom is -0.507 e. The molecule has 1 aliphatic heterocycles. The third kappa shape index (κ3) is 4.04. The number of hydrogen-bond donors (Lipinski definition) is 1. The fourth-order valence-corrected chi connectivity index (χ4v) is 3.57. The molecule has 0 saturated carbocycles. The number of ketones is 1. The van der Waals surface area contributed by atoms with Crippen LogP contribution in [-0.2, 0) is 9.59 Å². The molecule has 3 rings (SSSR count). The fraction of sp³-hybridized carbons (Fsp3) is 0.273. The summed E-state index contributed by atoms with van der Waals surface area (Å²) in [5.74, 6) is -2.50. The van der Waals surface area contributed by atoms with Crippen LogP contribution in [0.2, 0.25) is 5.02 Å². The van der Waals surface area contributed by atoms with Crippen LogP contribution in [0.25, 0.3) is 5.76 Å². The summed E-state index contributed by atoms with van der Waals surface area (Å²) < 4.78 is 14.7. The smallest absolute Gasteiger partial charge is 0.296 e. The lowest BCUT2D eigenvalue weighted by molar-refractivity contribution is -0.141. The lowest BCUT2D eigenvalue weighted by Gasteiger charge is -2.30. The molecule has 2 aromatic rings. The Balaban J connectivity index is 2.18. The van der Waals surface area contributed by atoms with Crippen LogP contribution < -0.4 is 0 Å². The molecule has 0 radical (unpaired) electrons. The first-order valence-corrected chi connectivity index (χ1v) is 9.77. The van der Waals surface area contributed by atoms with E-state index in [9.17, 15) is 19.1 Å². The first-order valence-electron chi connectivity index (χ1n) is 9.40. The van der Waals surface area contributed by atoms with Gasteiger partial charge in [-0.25, -0.2) is 4.39 Å². The van der Waals surface area contributed by atoms with Crippen LogP contribution in [-0.4, -0.2) is 46.4 Å². The predicted molar refractivity (Wildman–Crippen MR) is 110 cm³/mol. The maximum absolute atomic E-state index is 14.7. The standard InChI is InChI=1S/C22H22ClFN2O3/c1-3-25(4-2)13-26-19(16-7-5-6-8-17(16)24)18(21(28)22(26)29)20(27)14-9-11-15(23)12-10-14/h5-12,19,27H,3-4,13H2,1-2H3/t19-/m0/s1. The Morgan fingerprint density at radius 1 is 1.10 bits per heavy atom. The molecule has 1 N–H and O–H groups in total. The highest BCUT2D eigenvalue weighted by molar-refractivity contribution is 6.46. The van der Waals surface area contributed by atoms with Crippen LogP contribution in [0, 0.1) is 5.82 Å². The lowest BCUT2D eigenvalue weighted by atomic mass is 9.95. The minimum atomic E-state index is -1.02. The van der Waals surface area contributed by atoms with Crippen molar-refractivity contribution in [1.29, 1.82) is 0 Å². The summed E-state index contributed by atoms with van der Waals surface area (Å²) in [5.41, 5.74) is 0.362. The SMILES string of the molecule is CCN(CC)CN1C(=O)C(=O)C(=C(O)c2ccc(Cl)cc2)[C@@H]1c1ccccc1F. The molecule has 1 amide bonds. The van der Waals surface area contributed by atoms with Gasteiger partial charge in [0.15, 0.2) is 0 Å². The van der Waals surface area contributed by atoms with Crippen LogP contribution >= 0.6 is 11.6 Å². The Bertz CT molecular complexity index is 955. The van der Waals surface area contributed by atoms with Gasteiger partial charge >= 0.3 is 0 Å². The number of hydrogen-bond acceptors (Lipinski definition) is 4. The maximum Gasteiger partial charge on any atom is 0.296 e. The van der Waals surface area contributed by atoms with Crippen LogP contribution in [0.5, 0.6) is 0 Å². The third-order valence-electron chi connectivity index (χ3n) is 5.10. The monoisotopic (exact) mass is 416 g/mol. The molecule has 0 unspecified atom stereocenters. The molecule has 0 bridgehead atoms. The molecular formula is C22H22ClFN2O3. The molecule has 152 valence electrons. The molecule has 29 heavy (non-hydrogen) atoms. The Hall–Kier alpha value is -2.70. The number of benzene rings is 2. The van der Waals surface area contributed by atoms with Gasteiger partial charge in [-0.3, -0.25) is 14.5 Å². The zero-order valence-electron chi connectivity index (χ0n) is 16.2. The number of carbonyl (C=O) groups is 2. The van der Waals surface area contributed by atoms with Gasteiger partial charge in [-0.1, -0.05) is 43.6 Å². The first kappa shape index (κ1) is 21.0. The summed E-state index contributed by atoms with van der Waals surface area (Å²) in [7, 11) is 0. The molecule has 0 aliphatic carbocycles. The average Bonchev–Trinajstić information content (AvgIpc) is 2.97. The molecule has 7 heteroatoms. The highest BCUT2D eigenvalue weighted by atomic mass is 35.5. The second kappa shape index (κ2) is 8.76. The van der Waals surface area contributed by atoms with E-state index in [2.05, 4.69) is 0 Å². The van der Waals surface area contributed by atoms with Crippen molar-refractivity contribution >= 4 is 29.1 Å². The first-order chi connectivity index (χ1) is 13.9. The highest BCUT2D eigenvalue weighted by Crippen LogP contribution is 2.40. The second-order valence-corrected chi connectivity index (χ2v) is 7.18. The van der Waals surface area contributed by atoms with E-state index in [1.54, 1.807) is 30.3 Å². The Morgan fingerprint density at radius 2 is 1.72 bits per heavy atom. The lowest BCUT2D eigenvalue weighted by Crippen LogP contribution is -2.40. The van der Waals surface area contributed by atoms with Crippen molar-refractivity contribution in [2.75, 3.05) is 19.8 Å². The molecule has 1 aliphatic rings. The van der Waals surface area contributed by atoms with Crippen molar-refractivity contribution in [3.05, 3.63) is 76.1 Å². The van der Waals surface area contributed by atoms with E-state index in [0.29, 0.717) is 23.7 Å². The van der Waals surface area contributed by atoms with Crippen molar-refractivity contribution in [2.45, 2.75) is 19.9 Å². The largest absolute Gasteiger partial charge is 0.507 e. The number of aliphatic hydroxyl groups excluding tert-OH is 1. The van der Waals surface area contributed by atoms with Gasteiger partial charge < -0.3 is 10.0 Å². The Labute approximate surface area is 174 Å². The van der Waals surface area contributed by atoms with Crippen LogP contribution in [0.15, 0.2) is 54.1 Å². The number of likely N-dealkylation sites (tertiary alicyclic amines) is 1. The topological polar surface area (TPSA) is 60.9 Å². The van der Waals surface area contributed by atoms with Gasteiger partial charge in [-0.05, 0) is 43.4 Å². The zero-order chi connectivity index (χ0) is 21.1. The molecule has 1 fully saturated rings. The van der Waals surface area contributed by atoms with E-state index < -0.39 is 23.5 Å². The van der Waals surface area contributed by atoms with Gasteiger partial charge in [0.2, 0.25) is 0 Å². The van der Waals surface area contributed by atoms with E-state index >= 15 is 0 Å². The van der Waals surface area contributed by atoms with E-state index in [4.69, 9.17) is 11.6 Å². The summed E-state index contributed by atoms with van der Waals surface area (Å²) in [4.78, 5) is 29.0. The second-order valence-electron chi connectivity index (χ2n) is 6.74. The maximum atomic E-state index is 14.7. The van der Waals surface area contributed by atoms with Gasteiger partial charge in [0.1, 0.15) is 11.6 Å². The molecule has 0 aromatic heterocycles. The molecule has 1 atom stereocenters. The molecular weight excluding hydrogens is 395 g/mol. The number of nitrogens with zero attached hydrogens (tertiary/aromatic N) is 2. The summed E-state index contributed by atoms with van der Waals surface area (Å²) in [6, 6.07) is 11.2. The van der Waals surface area contributed by atoms with Crippen LogP contribution in [0.4, 0.5) is 4.39 Å². The Kier molecular flexibility index (Phi) is 6.35. The van der Waals surface area contributed by atoms with E-state index in [-0.39, 0.29) is 23.6 Å². The predicted octanol–water partition coefficient (Wildman–Crippen LogP) is 4.20. The van der Waals surface area contributed by atoms with Crippen LogP contribution in [0.3, 0.4) is 0 Å². The summed E-state index contributed by atoms with van der Waals surface area (Å²) in [5, 5.41) is 11.4. The summed E-state index contributed by atoms with van der Waals surface area (Å²) >= 11 is 5.90. The molecule has 5 nitrogen and oxygen atoms in total. The molecule has 1 heterocycles. The number of carbonyl (C=O) groups excluding carboxylic acids is 2. The number of rotatable bonds is 6. The zero-order valence-corrected chi connectivity index (χ0v) is 17.0. The normalized spacial score (nSPS) is 18.7. The van der Waals surface area contributed by atoms with Gasteiger partial charge in [0, 0.05) is 16.1 Å². The van der Waals surface area contributed by atoms with E-state index in [0.717, 1.165) is 0 Å². The van der Waals surface area contributed by atoms with Gasteiger partial charge in [-0.2, -0.15) is 0 Å². The third-order valence-corrected chi connectivity index (χ3v) is 5.36. The molecule has 2 aromatic carbocycles. The van der Waals surface area contributed by atoms with Gasteiger partial charge in [0.25, 0.3) is 11.7 Å². The minimum absolute atomic E-state index is 0.130. The van der Waals surface area contributed by atoms with Crippen molar-refractivity contribution in [3.63, 3.8) is 0 Å². The average molecular weight is 417 g/mol. The van der Waals surface area contributed by atoms with Crippen molar-refractivity contribution in [3.8, 4) is 0 Å². The number of amides is 1. The number of Topliss-reactive ketones (excluding diaryl/α,β-unsaturated/α-hetero) is 1. The Morgan fingerprint density at radius 3 is 2.31 bits per heavy atom. The van der Waals surface area contributed by atoms with Crippen molar-refractivity contribution in [1.82, 2.24) is 9.80 Å². The van der Waals surface area contributed by atoms with Gasteiger partial charge in [0.05, 0.1) is 18.3 Å². The highest BCUT2D eigenvalue weighted by Gasteiger charge is 2.47. The van der Waals surface area contributed by atoms with Gasteiger partial charge in [-0.15, -0.1) is 0 Å². The van der Waals surface area contributed by atoms with E-state index in [1.807, 2.05) is 18.7 Å².